The van der Waals surface area contributed by atoms with Crippen molar-refractivity contribution in [3.05, 3.63) is 60.0 Å². The minimum atomic E-state index is 0.0536. The molecule has 0 spiro atoms. The molecule has 0 aliphatic carbocycles. The molecule has 0 bridgehead atoms. The summed E-state index contributed by atoms with van der Waals surface area (Å²) in [5.74, 6) is 0.0536. The number of aryl methyl sites for hydroxylation is 1. The molecular weight excluding hydrogens is 286 g/mol. The Morgan fingerprint density at radius 1 is 1.17 bits per heavy atom. The highest BCUT2D eigenvalue weighted by Crippen LogP contribution is 2.24. The van der Waals surface area contributed by atoms with Gasteiger partial charge in [-0.25, -0.2) is 0 Å². The van der Waals surface area contributed by atoms with Gasteiger partial charge in [-0.05, 0) is 37.6 Å². The average Bonchev–Trinajstić information content (AvgIpc) is 3.10. The number of nitrogens with zero attached hydrogens (tertiary/aromatic N) is 2. The van der Waals surface area contributed by atoms with Gasteiger partial charge in [0.1, 0.15) is 0 Å². The third kappa shape index (κ3) is 3.16. The van der Waals surface area contributed by atoms with Gasteiger partial charge < -0.3 is 14.5 Å². The number of carbonyl (C=O) groups is 1. The first-order valence-electron chi connectivity index (χ1n) is 8.01. The van der Waals surface area contributed by atoms with Crippen LogP contribution in [0, 0.1) is 0 Å². The van der Waals surface area contributed by atoms with Gasteiger partial charge in [0.15, 0.2) is 0 Å². The Bertz CT molecular complexity index is 826. The number of fused-ring (bicyclic) bond motifs is 1. The molecule has 4 heteroatoms. The molecule has 1 N–H and O–H groups in total. The van der Waals surface area contributed by atoms with Gasteiger partial charge in [-0.3, -0.25) is 4.79 Å². The third-order valence-corrected chi connectivity index (χ3v) is 4.25. The fourth-order valence-corrected chi connectivity index (χ4v) is 2.95. The Morgan fingerprint density at radius 2 is 1.96 bits per heavy atom. The molecule has 120 valence electrons. The molecule has 0 saturated carbocycles. The molecule has 0 aliphatic rings. The smallest absolute Gasteiger partial charge is 0.224 e. The monoisotopic (exact) mass is 309 g/mol. The quantitative estimate of drug-likeness (QED) is 0.770. The molecule has 0 unspecified atom stereocenters. The maximum absolute atomic E-state index is 12.3. The van der Waals surface area contributed by atoms with E-state index >= 15 is 0 Å². The lowest BCUT2D eigenvalue weighted by molar-refractivity contribution is -0.120. The van der Waals surface area contributed by atoms with Gasteiger partial charge in [0.25, 0.3) is 0 Å². The van der Waals surface area contributed by atoms with Gasteiger partial charge in [0.2, 0.25) is 5.91 Å². The van der Waals surface area contributed by atoms with E-state index in [2.05, 4.69) is 42.1 Å². The van der Waals surface area contributed by atoms with Crippen LogP contribution in [0.3, 0.4) is 0 Å². The van der Waals surface area contributed by atoms with Crippen molar-refractivity contribution in [2.75, 3.05) is 0 Å². The zero-order valence-corrected chi connectivity index (χ0v) is 13.9. The topological polar surface area (TPSA) is 39.0 Å². The summed E-state index contributed by atoms with van der Waals surface area (Å²) in [5.41, 5.74) is 3.37. The fraction of sp³-hybridized carbons (Fsp3) is 0.316. The van der Waals surface area contributed by atoms with Crippen LogP contribution in [0.5, 0.6) is 0 Å². The number of nitrogens with one attached hydrogen (secondary N) is 1. The predicted molar refractivity (Wildman–Crippen MR) is 93.3 cm³/mol. The molecule has 2 aromatic heterocycles. The largest absolute Gasteiger partial charge is 0.353 e. The second-order valence-corrected chi connectivity index (χ2v) is 6.24. The van der Waals surface area contributed by atoms with Crippen molar-refractivity contribution in [3.8, 4) is 0 Å². The summed E-state index contributed by atoms with van der Waals surface area (Å²) >= 11 is 0. The molecule has 0 aliphatic heterocycles. The molecule has 0 saturated heterocycles. The first kappa shape index (κ1) is 15.4. The van der Waals surface area contributed by atoms with E-state index in [9.17, 15) is 4.79 Å². The van der Waals surface area contributed by atoms with Crippen LogP contribution in [-0.4, -0.2) is 15.0 Å². The van der Waals surface area contributed by atoms with Crippen molar-refractivity contribution in [3.63, 3.8) is 0 Å². The van der Waals surface area contributed by atoms with Crippen molar-refractivity contribution in [1.82, 2.24) is 14.5 Å². The standard InChI is InChI=1S/C19H23N3O/c1-14(2)22-13-15(17-8-4-5-9-18(17)22)11-19(23)20-12-16-7-6-10-21(16)3/h4-10,13-14H,11-12H2,1-3H3,(H,20,23). The summed E-state index contributed by atoms with van der Waals surface area (Å²) in [6.45, 7) is 4.88. The second-order valence-electron chi connectivity index (χ2n) is 6.24. The molecule has 23 heavy (non-hydrogen) atoms. The highest BCUT2D eigenvalue weighted by Gasteiger charge is 2.13. The summed E-state index contributed by atoms with van der Waals surface area (Å²) in [6, 6.07) is 12.6. The number of hydrogen-bond donors (Lipinski definition) is 1. The summed E-state index contributed by atoms with van der Waals surface area (Å²) < 4.78 is 4.25. The summed E-state index contributed by atoms with van der Waals surface area (Å²) in [6.07, 6.45) is 4.50. The SMILES string of the molecule is CC(C)n1cc(CC(=O)NCc2cccn2C)c2ccccc21. The maximum atomic E-state index is 12.3. The zero-order chi connectivity index (χ0) is 16.4. The number of rotatable bonds is 5. The van der Waals surface area contributed by atoms with Gasteiger partial charge in [0, 0.05) is 42.1 Å². The molecule has 2 heterocycles. The molecule has 4 nitrogen and oxygen atoms in total. The summed E-state index contributed by atoms with van der Waals surface area (Å²) in [7, 11) is 1.98. The highest BCUT2D eigenvalue weighted by atomic mass is 16.1. The highest BCUT2D eigenvalue weighted by molar-refractivity contribution is 5.89. The molecule has 0 radical (unpaired) electrons. The van der Waals surface area contributed by atoms with Crippen molar-refractivity contribution in [1.29, 1.82) is 0 Å². The van der Waals surface area contributed by atoms with Gasteiger partial charge in [-0.1, -0.05) is 18.2 Å². The van der Waals surface area contributed by atoms with Crippen LogP contribution in [0.25, 0.3) is 10.9 Å². The Balaban J connectivity index is 1.76. The van der Waals surface area contributed by atoms with Gasteiger partial charge >= 0.3 is 0 Å². The van der Waals surface area contributed by atoms with Crippen LogP contribution in [0.1, 0.15) is 31.1 Å². The van der Waals surface area contributed by atoms with E-state index in [1.807, 2.05) is 42.1 Å². The van der Waals surface area contributed by atoms with E-state index in [0.29, 0.717) is 19.0 Å². The van der Waals surface area contributed by atoms with E-state index in [1.165, 1.54) is 5.52 Å². The minimum absolute atomic E-state index is 0.0536. The van der Waals surface area contributed by atoms with E-state index in [4.69, 9.17) is 0 Å². The van der Waals surface area contributed by atoms with Gasteiger partial charge in [-0.2, -0.15) is 0 Å². The average molecular weight is 309 g/mol. The first-order chi connectivity index (χ1) is 11.1. The van der Waals surface area contributed by atoms with Gasteiger partial charge in [0.05, 0.1) is 13.0 Å². The van der Waals surface area contributed by atoms with Crippen LogP contribution in [0.2, 0.25) is 0 Å². The normalized spacial score (nSPS) is 11.3. The number of carbonyl (C=O) groups excluding carboxylic acids is 1. The maximum Gasteiger partial charge on any atom is 0.224 e. The molecular formula is C19H23N3O. The Kier molecular flexibility index (Phi) is 4.24. The molecule has 0 atom stereocenters. The summed E-state index contributed by atoms with van der Waals surface area (Å²) in [4.78, 5) is 12.3. The van der Waals surface area contributed by atoms with Crippen molar-refractivity contribution < 1.29 is 4.79 Å². The van der Waals surface area contributed by atoms with E-state index in [1.54, 1.807) is 0 Å². The van der Waals surface area contributed by atoms with Crippen molar-refractivity contribution in [2.24, 2.45) is 7.05 Å². The lowest BCUT2D eigenvalue weighted by atomic mass is 10.1. The zero-order valence-electron chi connectivity index (χ0n) is 13.9. The number of para-hydroxylation sites is 1. The Hall–Kier alpha value is -2.49. The van der Waals surface area contributed by atoms with Crippen molar-refractivity contribution >= 4 is 16.8 Å². The first-order valence-corrected chi connectivity index (χ1v) is 8.01. The van der Waals surface area contributed by atoms with Crippen LogP contribution in [-0.2, 0) is 24.8 Å². The van der Waals surface area contributed by atoms with Crippen LogP contribution < -0.4 is 5.32 Å². The van der Waals surface area contributed by atoms with Crippen LogP contribution in [0.4, 0.5) is 0 Å². The van der Waals surface area contributed by atoms with E-state index in [0.717, 1.165) is 16.6 Å². The minimum Gasteiger partial charge on any atom is -0.353 e. The predicted octanol–water partition coefficient (Wildman–Crippen LogP) is 3.42. The van der Waals surface area contributed by atoms with Crippen LogP contribution >= 0.6 is 0 Å². The number of amides is 1. The van der Waals surface area contributed by atoms with E-state index in [-0.39, 0.29) is 5.91 Å². The molecule has 1 aromatic carbocycles. The second kappa shape index (κ2) is 6.32. The summed E-state index contributed by atoms with van der Waals surface area (Å²) in [5, 5.41) is 4.17. The lowest BCUT2D eigenvalue weighted by Crippen LogP contribution is -2.25. The van der Waals surface area contributed by atoms with Gasteiger partial charge in [-0.15, -0.1) is 0 Å². The Labute approximate surface area is 136 Å². The lowest BCUT2D eigenvalue weighted by Gasteiger charge is -2.08. The number of benzene rings is 1. The molecule has 3 aromatic rings. The van der Waals surface area contributed by atoms with Crippen molar-refractivity contribution in [2.45, 2.75) is 32.9 Å². The Morgan fingerprint density at radius 3 is 2.65 bits per heavy atom. The molecule has 0 fully saturated rings. The fourth-order valence-electron chi connectivity index (χ4n) is 2.95. The molecule has 1 amide bonds. The third-order valence-electron chi connectivity index (χ3n) is 4.25. The van der Waals surface area contributed by atoms with E-state index < -0.39 is 0 Å². The number of aromatic nitrogens is 2. The molecule has 3 rings (SSSR count). The number of hydrogen-bond acceptors (Lipinski definition) is 1. The van der Waals surface area contributed by atoms with Crippen LogP contribution in [0.15, 0.2) is 48.8 Å².